The summed E-state index contributed by atoms with van der Waals surface area (Å²) in [7, 11) is 0. The zero-order chi connectivity index (χ0) is 18.8. The number of nitrogens with zero attached hydrogens (tertiary/aromatic N) is 3. The van der Waals surface area contributed by atoms with E-state index in [0.717, 1.165) is 30.2 Å². The van der Waals surface area contributed by atoms with Crippen LogP contribution in [0.1, 0.15) is 13.8 Å². The lowest BCUT2D eigenvalue weighted by Gasteiger charge is -2.30. The third-order valence-electron chi connectivity index (χ3n) is 3.76. The topological polar surface area (TPSA) is 102 Å². The lowest BCUT2D eigenvalue weighted by molar-refractivity contribution is 0.0503. The van der Waals surface area contributed by atoms with Gasteiger partial charge in [0.05, 0.1) is 25.1 Å². The van der Waals surface area contributed by atoms with Crippen molar-refractivity contribution in [3.63, 3.8) is 0 Å². The van der Waals surface area contributed by atoms with Crippen LogP contribution in [0.4, 0.5) is 5.69 Å². The van der Waals surface area contributed by atoms with Crippen molar-refractivity contribution in [2.45, 2.75) is 13.8 Å². The first-order valence-electron chi connectivity index (χ1n) is 8.73. The first-order valence-corrected chi connectivity index (χ1v) is 8.73. The van der Waals surface area contributed by atoms with Crippen LogP contribution in [0.15, 0.2) is 64.8 Å². The molecule has 140 valence electrons. The second-order valence-corrected chi connectivity index (χ2v) is 6.25. The number of pyridine rings is 1. The molecule has 0 saturated carbocycles. The minimum atomic E-state index is 0.340. The molecule has 0 radical (unpaired) electrons. The van der Waals surface area contributed by atoms with Crippen molar-refractivity contribution in [3.8, 4) is 0 Å². The Kier molecular flexibility index (Phi) is 7.85. The van der Waals surface area contributed by atoms with Crippen LogP contribution in [0.25, 0.3) is 0 Å². The molecule has 0 unspecified atom stereocenters. The van der Waals surface area contributed by atoms with Crippen molar-refractivity contribution in [2.75, 3.05) is 26.3 Å². The van der Waals surface area contributed by atoms with Gasteiger partial charge in [0.2, 0.25) is 0 Å². The van der Waals surface area contributed by atoms with Gasteiger partial charge in [-0.3, -0.25) is 9.98 Å². The van der Waals surface area contributed by atoms with E-state index in [9.17, 15) is 0 Å². The normalized spacial score (nSPS) is 17.2. The molecule has 1 aliphatic rings. The first-order chi connectivity index (χ1) is 12.6. The Balaban J connectivity index is 2.21. The standard InChI is InChI=1S/C19H28N6O/c1-15(2)12-16(13-19(24-21)25-8-10-26-11-9-25)18(20)5-7-23-17-4-3-6-22-14-17/h3-7,12-15,24H,8-11,20-21H2,1-2H3/b16-12+,18-5?,19-13+,23-7?. The van der Waals surface area contributed by atoms with Gasteiger partial charge in [0.25, 0.3) is 0 Å². The van der Waals surface area contributed by atoms with Crippen molar-refractivity contribution in [1.29, 1.82) is 0 Å². The fourth-order valence-corrected chi connectivity index (χ4v) is 2.49. The molecule has 1 aromatic heterocycles. The Morgan fingerprint density at radius 2 is 2.15 bits per heavy atom. The van der Waals surface area contributed by atoms with Crippen molar-refractivity contribution in [3.05, 3.63) is 59.8 Å². The zero-order valence-electron chi connectivity index (χ0n) is 15.4. The Labute approximate surface area is 155 Å². The second kappa shape index (κ2) is 10.4. The van der Waals surface area contributed by atoms with Crippen LogP contribution in [0, 0.1) is 5.92 Å². The highest BCUT2D eigenvalue weighted by molar-refractivity contribution is 5.76. The lowest BCUT2D eigenvalue weighted by atomic mass is 10.1. The summed E-state index contributed by atoms with van der Waals surface area (Å²) in [5, 5.41) is 0. The van der Waals surface area contributed by atoms with E-state index in [-0.39, 0.29) is 0 Å². The molecule has 0 aromatic carbocycles. The van der Waals surface area contributed by atoms with Gasteiger partial charge < -0.3 is 20.8 Å². The predicted molar refractivity (Wildman–Crippen MR) is 105 cm³/mol. The molecule has 0 amide bonds. The maximum absolute atomic E-state index is 6.29. The SMILES string of the molecule is CC(C)/C=C(\C=C(/NN)N1CCOCC1)C(N)=CC=Nc1cccnc1. The van der Waals surface area contributed by atoms with Gasteiger partial charge >= 0.3 is 0 Å². The molecule has 2 heterocycles. The van der Waals surface area contributed by atoms with E-state index >= 15 is 0 Å². The van der Waals surface area contributed by atoms with Gasteiger partial charge in [-0.25, -0.2) is 5.84 Å². The van der Waals surface area contributed by atoms with E-state index in [2.05, 4.69) is 40.2 Å². The Morgan fingerprint density at radius 3 is 2.77 bits per heavy atom. The Morgan fingerprint density at radius 1 is 1.38 bits per heavy atom. The number of nitrogens with two attached hydrogens (primary N) is 2. The summed E-state index contributed by atoms with van der Waals surface area (Å²) < 4.78 is 5.40. The first kappa shape index (κ1) is 19.7. The molecule has 0 spiro atoms. The van der Waals surface area contributed by atoms with Crippen LogP contribution in [0.3, 0.4) is 0 Å². The minimum absolute atomic E-state index is 0.340. The van der Waals surface area contributed by atoms with Crippen LogP contribution in [-0.4, -0.2) is 42.4 Å². The molecule has 0 bridgehead atoms. The quantitative estimate of drug-likeness (QED) is 0.298. The molecule has 1 aromatic rings. The van der Waals surface area contributed by atoms with E-state index < -0.39 is 0 Å². The van der Waals surface area contributed by atoms with Crippen molar-refractivity contribution in [1.82, 2.24) is 15.3 Å². The molecule has 1 aliphatic heterocycles. The number of nitrogens with one attached hydrogen (secondary N) is 1. The lowest BCUT2D eigenvalue weighted by Crippen LogP contribution is -2.42. The number of aromatic nitrogens is 1. The van der Waals surface area contributed by atoms with Gasteiger partial charge in [-0.2, -0.15) is 0 Å². The molecule has 26 heavy (non-hydrogen) atoms. The van der Waals surface area contributed by atoms with Gasteiger partial charge in [-0.1, -0.05) is 19.9 Å². The number of aliphatic imine (C=N–C) groups is 1. The number of rotatable bonds is 7. The van der Waals surface area contributed by atoms with Gasteiger partial charge in [0.15, 0.2) is 0 Å². The molecule has 1 saturated heterocycles. The van der Waals surface area contributed by atoms with Crippen molar-refractivity contribution < 1.29 is 4.74 Å². The maximum Gasteiger partial charge on any atom is 0.116 e. The largest absolute Gasteiger partial charge is 0.398 e. The molecule has 1 fully saturated rings. The highest BCUT2D eigenvalue weighted by Gasteiger charge is 2.14. The predicted octanol–water partition coefficient (Wildman–Crippen LogP) is 1.85. The van der Waals surface area contributed by atoms with Crippen molar-refractivity contribution in [2.24, 2.45) is 22.5 Å². The Hall–Kier alpha value is -2.64. The van der Waals surface area contributed by atoms with Crippen LogP contribution < -0.4 is 17.0 Å². The fourth-order valence-electron chi connectivity index (χ4n) is 2.49. The van der Waals surface area contributed by atoms with Gasteiger partial charge in [-0.05, 0) is 35.8 Å². The summed E-state index contributed by atoms with van der Waals surface area (Å²) in [4.78, 5) is 10.5. The van der Waals surface area contributed by atoms with Crippen molar-refractivity contribution >= 4 is 11.9 Å². The molecule has 7 heteroatoms. The summed E-state index contributed by atoms with van der Waals surface area (Å²) in [6, 6.07) is 3.72. The summed E-state index contributed by atoms with van der Waals surface area (Å²) in [5.41, 5.74) is 11.4. The van der Waals surface area contributed by atoms with Gasteiger partial charge in [0.1, 0.15) is 5.82 Å². The molecular weight excluding hydrogens is 328 g/mol. The average molecular weight is 356 g/mol. The van der Waals surface area contributed by atoms with Gasteiger partial charge in [-0.15, -0.1) is 0 Å². The van der Waals surface area contributed by atoms with E-state index in [1.165, 1.54) is 0 Å². The molecular formula is C19H28N6O. The third-order valence-corrected chi connectivity index (χ3v) is 3.76. The second-order valence-electron chi connectivity index (χ2n) is 6.25. The average Bonchev–Trinajstić information content (AvgIpc) is 2.66. The van der Waals surface area contributed by atoms with Gasteiger partial charge in [0, 0.05) is 31.2 Å². The highest BCUT2D eigenvalue weighted by Crippen LogP contribution is 2.15. The van der Waals surface area contributed by atoms with Crippen LogP contribution >= 0.6 is 0 Å². The monoisotopic (exact) mass is 356 g/mol. The molecule has 0 aliphatic carbocycles. The van der Waals surface area contributed by atoms with E-state index in [0.29, 0.717) is 24.8 Å². The minimum Gasteiger partial charge on any atom is -0.398 e. The maximum atomic E-state index is 6.29. The molecule has 0 atom stereocenters. The summed E-state index contributed by atoms with van der Waals surface area (Å²) in [6.07, 6.45) is 10.9. The van der Waals surface area contributed by atoms with E-state index in [1.54, 1.807) is 24.7 Å². The number of hydrogen-bond donors (Lipinski definition) is 3. The summed E-state index contributed by atoms with van der Waals surface area (Å²) >= 11 is 0. The fraction of sp³-hybridized carbons (Fsp3) is 0.368. The van der Waals surface area contributed by atoms with E-state index in [4.69, 9.17) is 16.3 Å². The van der Waals surface area contributed by atoms with Crippen LogP contribution in [-0.2, 0) is 4.74 Å². The zero-order valence-corrected chi connectivity index (χ0v) is 15.4. The number of hydrazine groups is 1. The Bertz CT molecular complexity index is 673. The number of hydrogen-bond acceptors (Lipinski definition) is 7. The number of allylic oxidation sites excluding steroid dienone is 3. The molecule has 2 rings (SSSR count). The van der Waals surface area contributed by atoms with E-state index in [1.807, 2.05) is 18.2 Å². The highest BCUT2D eigenvalue weighted by atomic mass is 16.5. The smallest absolute Gasteiger partial charge is 0.116 e. The van der Waals surface area contributed by atoms with Crippen LogP contribution in [0.5, 0.6) is 0 Å². The van der Waals surface area contributed by atoms with Crippen LogP contribution in [0.2, 0.25) is 0 Å². The number of morpholine rings is 1. The summed E-state index contributed by atoms with van der Waals surface area (Å²) in [6.45, 7) is 7.16. The molecule has 5 N–H and O–H groups in total. The molecule has 7 nitrogen and oxygen atoms in total. The third kappa shape index (κ3) is 6.34. The summed E-state index contributed by atoms with van der Waals surface area (Å²) in [5.74, 6) is 6.90. The number of ether oxygens (including phenoxy) is 1.